The second-order valence-corrected chi connectivity index (χ2v) is 3.82. The summed E-state index contributed by atoms with van der Waals surface area (Å²) < 4.78 is 17.7. The molecule has 0 aliphatic carbocycles. The lowest BCUT2D eigenvalue weighted by atomic mass is 10.2. The fourth-order valence-corrected chi connectivity index (χ4v) is 1.48. The number of methoxy groups -OCH3 is 1. The Morgan fingerprint density at radius 3 is 3.00 bits per heavy atom. The smallest absolute Gasteiger partial charge is 0.253 e. The van der Waals surface area contributed by atoms with E-state index in [2.05, 4.69) is 26.2 Å². The SMILES string of the molecule is COCC(CBr)NC(=O)c1cncc(F)c1. The summed E-state index contributed by atoms with van der Waals surface area (Å²) in [7, 11) is 1.55. The fourth-order valence-electron chi connectivity index (χ4n) is 1.13. The van der Waals surface area contributed by atoms with Gasteiger partial charge in [-0.15, -0.1) is 0 Å². The molecule has 0 spiro atoms. The number of carbonyl (C=O) groups is 1. The van der Waals surface area contributed by atoms with Crippen LogP contribution in [-0.4, -0.2) is 36.0 Å². The minimum absolute atomic E-state index is 0.152. The highest BCUT2D eigenvalue weighted by molar-refractivity contribution is 9.09. The molecular weight excluding hydrogens is 279 g/mol. The molecule has 0 saturated heterocycles. The number of halogens is 2. The zero-order valence-corrected chi connectivity index (χ0v) is 10.3. The minimum Gasteiger partial charge on any atom is -0.383 e. The summed E-state index contributed by atoms with van der Waals surface area (Å²) in [6.07, 6.45) is 2.37. The van der Waals surface area contributed by atoms with Gasteiger partial charge in [-0.3, -0.25) is 9.78 Å². The van der Waals surface area contributed by atoms with Crippen LogP contribution in [0.3, 0.4) is 0 Å². The molecule has 0 fully saturated rings. The van der Waals surface area contributed by atoms with E-state index in [9.17, 15) is 9.18 Å². The lowest BCUT2D eigenvalue weighted by Gasteiger charge is -2.14. The van der Waals surface area contributed by atoms with Gasteiger partial charge in [0.1, 0.15) is 5.82 Å². The number of nitrogens with zero attached hydrogens (tertiary/aromatic N) is 1. The molecule has 0 bridgehead atoms. The molecule has 0 radical (unpaired) electrons. The number of alkyl halides is 1. The predicted octanol–water partition coefficient (Wildman–Crippen LogP) is 1.36. The highest BCUT2D eigenvalue weighted by atomic mass is 79.9. The minimum atomic E-state index is -0.533. The molecule has 6 heteroatoms. The Morgan fingerprint density at radius 1 is 1.69 bits per heavy atom. The fraction of sp³-hybridized carbons (Fsp3) is 0.400. The molecule has 0 saturated carbocycles. The molecule has 1 unspecified atom stereocenters. The average molecular weight is 291 g/mol. The van der Waals surface area contributed by atoms with Gasteiger partial charge in [0.25, 0.3) is 5.91 Å². The highest BCUT2D eigenvalue weighted by Crippen LogP contribution is 2.02. The van der Waals surface area contributed by atoms with Crippen LogP contribution in [0, 0.1) is 5.82 Å². The first-order chi connectivity index (χ1) is 7.67. The Bertz CT molecular complexity index is 362. The molecular formula is C10H12BrFN2O2. The quantitative estimate of drug-likeness (QED) is 0.833. The normalized spacial score (nSPS) is 12.2. The summed E-state index contributed by atoms with van der Waals surface area (Å²) in [5, 5.41) is 3.26. The lowest BCUT2D eigenvalue weighted by Crippen LogP contribution is -2.39. The number of hydrogen-bond acceptors (Lipinski definition) is 3. The van der Waals surface area contributed by atoms with Crippen molar-refractivity contribution in [2.45, 2.75) is 6.04 Å². The van der Waals surface area contributed by atoms with Crippen molar-refractivity contribution in [3.05, 3.63) is 29.8 Å². The first kappa shape index (κ1) is 13.1. The molecule has 1 N–H and O–H groups in total. The van der Waals surface area contributed by atoms with Gasteiger partial charge in [0.05, 0.1) is 24.4 Å². The predicted molar refractivity (Wildman–Crippen MR) is 61.1 cm³/mol. The Hall–Kier alpha value is -1.01. The standard InChI is InChI=1S/C10H12BrFN2O2/c1-16-6-9(3-11)14-10(15)7-2-8(12)5-13-4-7/h2,4-5,9H,3,6H2,1H3,(H,14,15). The van der Waals surface area contributed by atoms with Crippen LogP contribution < -0.4 is 5.32 Å². The molecule has 1 amide bonds. The van der Waals surface area contributed by atoms with Crippen molar-refractivity contribution in [1.82, 2.24) is 10.3 Å². The monoisotopic (exact) mass is 290 g/mol. The number of carbonyl (C=O) groups excluding carboxylic acids is 1. The maximum Gasteiger partial charge on any atom is 0.253 e. The third kappa shape index (κ3) is 3.86. The van der Waals surface area contributed by atoms with E-state index >= 15 is 0 Å². The van der Waals surface area contributed by atoms with Gasteiger partial charge in [0.2, 0.25) is 0 Å². The van der Waals surface area contributed by atoms with E-state index in [1.165, 1.54) is 6.20 Å². The van der Waals surface area contributed by atoms with Crippen LogP contribution in [-0.2, 0) is 4.74 Å². The van der Waals surface area contributed by atoms with Crippen molar-refractivity contribution in [2.24, 2.45) is 0 Å². The van der Waals surface area contributed by atoms with Crippen molar-refractivity contribution in [1.29, 1.82) is 0 Å². The zero-order valence-electron chi connectivity index (χ0n) is 8.74. The summed E-state index contributed by atoms with van der Waals surface area (Å²) in [5.74, 6) is -0.900. The second kappa shape index (κ2) is 6.55. The van der Waals surface area contributed by atoms with Gasteiger partial charge in [-0.1, -0.05) is 15.9 Å². The van der Waals surface area contributed by atoms with Gasteiger partial charge < -0.3 is 10.1 Å². The Kier molecular flexibility index (Phi) is 5.34. The molecule has 4 nitrogen and oxygen atoms in total. The topological polar surface area (TPSA) is 51.2 Å². The maximum atomic E-state index is 12.8. The average Bonchev–Trinajstić information content (AvgIpc) is 2.28. The van der Waals surface area contributed by atoms with Gasteiger partial charge in [0, 0.05) is 18.6 Å². The number of aromatic nitrogens is 1. The Labute approximate surface area is 101 Å². The Balaban J connectivity index is 2.64. The van der Waals surface area contributed by atoms with Gasteiger partial charge in [-0.05, 0) is 6.07 Å². The van der Waals surface area contributed by atoms with Crippen molar-refractivity contribution in [3.63, 3.8) is 0 Å². The third-order valence-electron chi connectivity index (χ3n) is 1.86. The lowest BCUT2D eigenvalue weighted by molar-refractivity contribution is 0.0907. The van der Waals surface area contributed by atoms with E-state index in [1.54, 1.807) is 7.11 Å². The Morgan fingerprint density at radius 2 is 2.44 bits per heavy atom. The van der Waals surface area contributed by atoms with E-state index in [0.717, 1.165) is 12.3 Å². The van der Waals surface area contributed by atoms with Gasteiger partial charge in [0.15, 0.2) is 0 Å². The molecule has 1 rings (SSSR count). The van der Waals surface area contributed by atoms with Crippen LogP contribution in [0.15, 0.2) is 18.5 Å². The molecule has 0 aliphatic heterocycles. The van der Waals surface area contributed by atoms with Gasteiger partial charge in [-0.25, -0.2) is 4.39 Å². The molecule has 1 atom stereocenters. The molecule has 0 aromatic carbocycles. The van der Waals surface area contributed by atoms with Gasteiger partial charge in [-0.2, -0.15) is 0 Å². The first-order valence-electron chi connectivity index (χ1n) is 4.63. The van der Waals surface area contributed by atoms with Gasteiger partial charge >= 0.3 is 0 Å². The molecule has 1 aromatic heterocycles. The maximum absolute atomic E-state index is 12.8. The van der Waals surface area contributed by atoms with Crippen LogP contribution in [0.5, 0.6) is 0 Å². The van der Waals surface area contributed by atoms with Crippen LogP contribution in [0.2, 0.25) is 0 Å². The summed E-state index contributed by atoms with van der Waals surface area (Å²) in [6.45, 7) is 0.389. The molecule has 88 valence electrons. The number of nitrogens with one attached hydrogen (secondary N) is 1. The van der Waals surface area contributed by atoms with E-state index in [4.69, 9.17) is 4.74 Å². The second-order valence-electron chi connectivity index (χ2n) is 3.17. The third-order valence-corrected chi connectivity index (χ3v) is 2.64. The van der Waals surface area contributed by atoms with Crippen LogP contribution in [0.4, 0.5) is 4.39 Å². The molecule has 1 aromatic rings. The number of hydrogen-bond donors (Lipinski definition) is 1. The van der Waals surface area contributed by atoms with Crippen molar-refractivity contribution < 1.29 is 13.9 Å². The molecule has 16 heavy (non-hydrogen) atoms. The van der Waals surface area contributed by atoms with E-state index in [1.807, 2.05) is 0 Å². The van der Waals surface area contributed by atoms with Crippen molar-refractivity contribution in [2.75, 3.05) is 19.0 Å². The van der Waals surface area contributed by atoms with E-state index in [0.29, 0.717) is 11.9 Å². The largest absolute Gasteiger partial charge is 0.383 e. The summed E-state index contributed by atoms with van der Waals surface area (Å²) >= 11 is 3.25. The van der Waals surface area contributed by atoms with Crippen molar-refractivity contribution >= 4 is 21.8 Å². The van der Waals surface area contributed by atoms with Crippen LogP contribution >= 0.6 is 15.9 Å². The van der Waals surface area contributed by atoms with Crippen molar-refractivity contribution in [3.8, 4) is 0 Å². The number of amides is 1. The molecule has 1 heterocycles. The highest BCUT2D eigenvalue weighted by Gasteiger charge is 2.13. The molecule has 0 aliphatic rings. The summed E-state index contributed by atoms with van der Waals surface area (Å²) in [5.41, 5.74) is 0.196. The first-order valence-corrected chi connectivity index (χ1v) is 5.76. The number of ether oxygens (including phenoxy) is 1. The van der Waals surface area contributed by atoms with Crippen LogP contribution in [0.1, 0.15) is 10.4 Å². The number of rotatable bonds is 5. The summed E-state index contributed by atoms with van der Waals surface area (Å²) in [6, 6.07) is 0.987. The summed E-state index contributed by atoms with van der Waals surface area (Å²) in [4.78, 5) is 15.3. The van der Waals surface area contributed by atoms with E-state index in [-0.39, 0.29) is 17.5 Å². The zero-order chi connectivity index (χ0) is 12.0. The number of pyridine rings is 1. The van der Waals surface area contributed by atoms with E-state index < -0.39 is 5.82 Å². The van der Waals surface area contributed by atoms with Crippen LogP contribution in [0.25, 0.3) is 0 Å².